The van der Waals surface area contributed by atoms with Crippen LogP contribution in [0.3, 0.4) is 0 Å². The third-order valence-corrected chi connectivity index (χ3v) is 7.77. The molecule has 0 saturated carbocycles. The van der Waals surface area contributed by atoms with E-state index in [1.54, 1.807) is 11.0 Å². The Morgan fingerprint density at radius 2 is 1.15 bits per heavy atom. The van der Waals surface area contributed by atoms with E-state index in [9.17, 15) is 0 Å². The third-order valence-electron chi connectivity index (χ3n) is 7.77. The van der Waals surface area contributed by atoms with Crippen molar-refractivity contribution < 1.29 is 0 Å². The standard InChI is InChI=1S/C37H24N4/c1-2-7-29-22-30(16-13-25(29)6-1)26-11-14-28(15-12-26)35-23-36-37(34-10-4-3-9-33(34)35)40-41(39-36)32-19-17-27(18-20-32)31-8-5-21-38-24-31/h1-24H. The number of fused-ring (bicyclic) bond motifs is 4. The van der Waals surface area contributed by atoms with Crippen molar-refractivity contribution in [3.8, 4) is 39.1 Å². The van der Waals surface area contributed by atoms with Gasteiger partial charge in [0.2, 0.25) is 0 Å². The molecule has 0 spiro atoms. The third kappa shape index (κ3) is 4.14. The predicted octanol–water partition coefficient (Wildman–Crippen LogP) is 9.12. The fourth-order valence-corrected chi connectivity index (χ4v) is 5.63. The number of hydrogen-bond acceptors (Lipinski definition) is 3. The lowest BCUT2D eigenvalue weighted by Gasteiger charge is -2.09. The SMILES string of the molecule is c1cncc(-c2ccc(-n3nc4cc(-c5ccc(-c6ccc7ccccc7c6)cc5)c5ccccc5c4n3)cc2)c1. The first-order valence-corrected chi connectivity index (χ1v) is 13.7. The van der Waals surface area contributed by atoms with Crippen molar-refractivity contribution in [1.82, 2.24) is 20.0 Å². The fraction of sp³-hybridized carbons (Fsp3) is 0. The molecule has 0 amide bonds. The van der Waals surface area contributed by atoms with Gasteiger partial charge in [-0.1, -0.05) is 103 Å². The van der Waals surface area contributed by atoms with Crippen LogP contribution in [-0.2, 0) is 0 Å². The maximum absolute atomic E-state index is 4.92. The summed E-state index contributed by atoms with van der Waals surface area (Å²) in [5, 5.41) is 14.6. The summed E-state index contributed by atoms with van der Waals surface area (Å²) in [5.41, 5.74) is 9.60. The zero-order valence-electron chi connectivity index (χ0n) is 22.1. The Morgan fingerprint density at radius 1 is 0.463 bits per heavy atom. The molecule has 6 aromatic carbocycles. The van der Waals surface area contributed by atoms with Gasteiger partial charge in [-0.15, -0.1) is 10.2 Å². The molecule has 8 rings (SSSR count). The van der Waals surface area contributed by atoms with Gasteiger partial charge in [-0.05, 0) is 79.9 Å². The lowest BCUT2D eigenvalue weighted by molar-refractivity contribution is 0.766. The molecule has 0 saturated heterocycles. The number of benzene rings is 6. The Balaban J connectivity index is 1.19. The zero-order valence-corrected chi connectivity index (χ0v) is 22.1. The van der Waals surface area contributed by atoms with E-state index in [0.29, 0.717) is 0 Å². The first-order chi connectivity index (χ1) is 20.3. The fourth-order valence-electron chi connectivity index (χ4n) is 5.63. The van der Waals surface area contributed by atoms with Crippen LogP contribution in [0.4, 0.5) is 0 Å². The summed E-state index contributed by atoms with van der Waals surface area (Å²) >= 11 is 0. The maximum Gasteiger partial charge on any atom is 0.121 e. The molecular formula is C37H24N4. The molecule has 4 nitrogen and oxygen atoms in total. The first kappa shape index (κ1) is 23.3. The number of rotatable bonds is 4. The van der Waals surface area contributed by atoms with Crippen LogP contribution in [0.15, 0.2) is 146 Å². The Morgan fingerprint density at radius 3 is 1.95 bits per heavy atom. The van der Waals surface area contributed by atoms with Gasteiger partial charge in [-0.3, -0.25) is 4.98 Å². The largest absolute Gasteiger partial charge is 0.264 e. The molecule has 41 heavy (non-hydrogen) atoms. The molecule has 0 aliphatic rings. The number of nitrogens with zero attached hydrogens (tertiary/aromatic N) is 4. The lowest BCUT2D eigenvalue weighted by atomic mass is 9.95. The molecule has 0 unspecified atom stereocenters. The number of aromatic nitrogens is 4. The van der Waals surface area contributed by atoms with Gasteiger partial charge in [0, 0.05) is 17.8 Å². The molecule has 4 heteroatoms. The molecular weight excluding hydrogens is 500 g/mol. The minimum absolute atomic E-state index is 0.869. The lowest BCUT2D eigenvalue weighted by Crippen LogP contribution is -1.98. The summed E-state index contributed by atoms with van der Waals surface area (Å²) < 4.78 is 0. The van der Waals surface area contributed by atoms with Gasteiger partial charge in [0.05, 0.1) is 5.69 Å². The van der Waals surface area contributed by atoms with Crippen LogP contribution in [0.1, 0.15) is 0 Å². The van der Waals surface area contributed by atoms with E-state index in [0.717, 1.165) is 49.7 Å². The highest BCUT2D eigenvalue weighted by atomic mass is 15.5. The summed E-state index contributed by atoms with van der Waals surface area (Å²) in [6.07, 6.45) is 3.66. The summed E-state index contributed by atoms with van der Waals surface area (Å²) in [5.74, 6) is 0. The summed E-state index contributed by atoms with van der Waals surface area (Å²) in [4.78, 5) is 5.97. The number of pyridine rings is 1. The van der Waals surface area contributed by atoms with Gasteiger partial charge >= 0.3 is 0 Å². The molecule has 2 heterocycles. The van der Waals surface area contributed by atoms with E-state index in [1.807, 2.05) is 12.3 Å². The van der Waals surface area contributed by atoms with E-state index in [2.05, 4.69) is 132 Å². The minimum atomic E-state index is 0.869. The van der Waals surface area contributed by atoms with Gasteiger partial charge in [0.25, 0.3) is 0 Å². The van der Waals surface area contributed by atoms with Gasteiger partial charge in [0.15, 0.2) is 0 Å². The normalized spacial score (nSPS) is 11.4. The minimum Gasteiger partial charge on any atom is -0.264 e. The van der Waals surface area contributed by atoms with E-state index in [-0.39, 0.29) is 0 Å². The predicted molar refractivity (Wildman–Crippen MR) is 168 cm³/mol. The van der Waals surface area contributed by atoms with Gasteiger partial charge in [-0.2, -0.15) is 4.80 Å². The second-order valence-electron chi connectivity index (χ2n) is 10.3. The molecule has 0 aliphatic heterocycles. The molecule has 0 atom stereocenters. The smallest absolute Gasteiger partial charge is 0.121 e. The zero-order chi connectivity index (χ0) is 27.2. The molecule has 0 bridgehead atoms. The van der Waals surface area contributed by atoms with Crippen molar-refractivity contribution >= 4 is 32.6 Å². The van der Waals surface area contributed by atoms with Crippen LogP contribution in [0.25, 0.3) is 71.6 Å². The van der Waals surface area contributed by atoms with Crippen LogP contribution in [0.2, 0.25) is 0 Å². The molecule has 0 radical (unpaired) electrons. The van der Waals surface area contributed by atoms with E-state index >= 15 is 0 Å². The summed E-state index contributed by atoms with van der Waals surface area (Å²) in [6.45, 7) is 0. The van der Waals surface area contributed by atoms with Gasteiger partial charge < -0.3 is 0 Å². The van der Waals surface area contributed by atoms with Crippen LogP contribution in [0.5, 0.6) is 0 Å². The quantitative estimate of drug-likeness (QED) is 0.231. The summed E-state index contributed by atoms with van der Waals surface area (Å²) in [6, 6.07) is 46.9. The van der Waals surface area contributed by atoms with Gasteiger partial charge in [-0.25, -0.2) is 0 Å². The van der Waals surface area contributed by atoms with Crippen molar-refractivity contribution in [2.24, 2.45) is 0 Å². The molecule has 8 aromatic rings. The monoisotopic (exact) mass is 524 g/mol. The Hall–Kier alpha value is -5.61. The topological polar surface area (TPSA) is 43.6 Å². The second-order valence-corrected chi connectivity index (χ2v) is 10.3. The highest BCUT2D eigenvalue weighted by Crippen LogP contribution is 2.35. The van der Waals surface area contributed by atoms with Crippen LogP contribution in [0, 0.1) is 0 Å². The average molecular weight is 525 g/mol. The second kappa shape index (κ2) is 9.54. The maximum atomic E-state index is 4.92. The molecule has 0 N–H and O–H groups in total. The van der Waals surface area contributed by atoms with E-state index in [1.165, 1.54) is 21.9 Å². The van der Waals surface area contributed by atoms with Gasteiger partial charge in [0.1, 0.15) is 11.0 Å². The highest BCUT2D eigenvalue weighted by molar-refractivity contribution is 6.11. The van der Waals surface area contributed by atoms with Crippen molar-refractivity contribution in [3.05, 3.63) is 146 Å². The van der Waals surface area contributed by atoms with Crippen LogP contribution >= 0.6 is 0 Å². The Kier molecular flexibility index (Phi) is 5.42. The molecule has 0 aliphatic carbocycles. The molecule has 0 fully saturated rings. The molecule has 192 valence electrons. The van der Waals surface area contributed by atoms with Crippen molar-refractivity contribution in [3.63, 3.8) is 0 Å². The Bertz CT molecular complexity index is 2180. The molecule has 2 aromatic heterocycles. The van der Waals surface area contributed by atoms with E-state index < -0.39 is 0 Å². The van der Waals surface area contributed by atoms with Crippen molar-refractivity contribution in [1.29, 1.82) is 0 Å². The number of hydrogen-bond donors (Lipinski definition) is 0. The Labute approximate surface area is 237 Å². The average Bonchev–Trinajstić information content (AvgIpc) is 3.49. The van der Waals surface area contributed by atoms with E-state index in [4.69, 9.17) is 10.2 Å². The van der Waals surface area contributed by atoms with Crippen molar-refractivity contribution in [2.75, 3.05) is 0 Å². The van der Waals surface area contributed by atoms with Crippen LogP contribution in [-0.4, -0.2) is 20.0 Å². The van der Waals surface area contributed by atoms with Crippen molar-refractivity contribution in [2.45, 2.75) is 0 Å². The first-order valence-electron chi connectivity index (χ1n) is 13.7. The van der Waals surface area contributed by atoms with Crippen LogP contribution < -0.4 is 0 Å². The summed E-state index contributed by atoms with van der Waals surface area (Å²) in [7, 11) is 0. The highest BCUT2D eigenvalue weighted by Gasteiger charge is 2.14.